The van der Waals surface area contributed by atoms with Gasteiger partial charge in [0.05, 0.1) is 16.7 Å². The maximum atomic E-state index is 13.3. The second kappa shape index (κ2) is 8.17. The zero-order chi connectivity index (χ0) is 21.1. The van der Waals surface area contributed by atoms with E-state index in [1.165, 1.54) is 48.1 Å². The van der Waals surface area contributed by atoms with E-state index >= 15 is 0 Å². The zero-order valence-electron chi connectivity index (χ0n) is 15.9. The van der Waals surface area contributed by atoms with Crippen LogP contribution >= 0.6 is 0 Å². The largest absolute Gasteiger partial charge is 0.337 e. The van der Waals surface area contributed by atoms with Crippen molar-refractivity contribution < 1.29 is 18.9 Å². The maximum absolute atomic E-state index is 13.3. The van der Waals surface area contributed by atoms with Crippen LogP contribution in [0.3, 0.4) is 0 Å². The molecule has 9 heteroatoms. The number of hydrazone groups is 1. The molecule has 29 heavy (non-hydrogen) atoms. The van der Waals surface area contributed by atoms with Gasteiger partial charge < -0.3 is 4.90 Å². The number of nitro groups is 1. The molecule has 0 saturated carbocycles. The molecule has 1 heterocycles. The van der Waals surface area contributed by atoms with Crippen molar-refractivity contribution in [2.45, 2.75) is 19.4 Å². The lowest BCUT2D eigenvalue weighted by Gasteiger charge is -2.24. The van der Waals surface area contributed by atoms with Crippen LogP contribution in [0.25, 0.3) is 0 Å². The fourth-order valence-corrected chi connectivity index (χ4v) is 3.05. The summed E-state index contributed by atoms with van der Waals surface area (Å²) in [7, 11) is 1.50. The van der Waals surface area contributed by atoms with Crippen molar-refractivity contribution in [2.24, 2.45) is 5.10 Å². The van der Waals surface area contributed by atoms with Gasteiger partial charge in [0.15, 0.2) is 0 Å². The third-order valence-electron chi connectivity index (χ3n) is 4.72. The van der Waals surface area contributed by atoms with Gasteiger partial charge in [-0.1, -0.05) is 24.3 Å². The first-order valence-electron chi connectivity index (χ1n) is 8.88. The van der Waals surface area contributed by atoms with Gasteiger partial charge in [-0.05, 0) is 23.3 Å². The fraction of sp³-hybridized carbons (Fsp3) is 0.250. The lowest BCUT2D eigenvalue weighted by molar-refractivity contribution is -0.385. The summed E-state index contributed by atoms with van der Waals surface area (Å²) in [5.41, 5.74) is 1.67. The topological polar surface area (TPSA) is 96.1 Å². The number of nitrogens with zero attached hydrogens (tertiary/aromatic N) is 4. The van der Waals surface area contributed by atoms with Crippen LogP contribution < -0.4 is 0 Å². The lowest BCUT2D eigenvalue weighted by atomic mass is 9.98. The number of rotatable bonds is 5. The number of likely N-dealkylation sites (N-methyl/N-ethyl adjacent to an activating group) is 1. The lowest BCUT2D eigenvalue weighted by Crippen LogP contribution is -2.38. The Morgan fingerprint density at radius 1 is 1.28 bits per heavy atom. The minimum absolute atomic E-state index is 0.0917. The quantitative estimate of drug-likeness (QED) is 0.571. The summed E-state index contributed by atoms with van der Waals surface area (Å²) in [6, 6.07) is 11.2. The van der Waals surface area contributed by atoms with Crippen molar-refractivity contribution in [3.05, 3.63) is 75.6 Å². The van der Waals surface area contributed by atoms with Gasteiger partial charge in [-0.15, -0.1) is 0 Å². The highest BCUT2D eigenvalue weighted by atomic mass is 19.1. The summed E-state index contributed by atoms with van der Waals surface area (Å²) in [5.74, 6) is -1.08. The zero-order valence-corrected chi connectivity index (χ0v) is 15.9. The Morgan fingerprint density at radius 3 is 2.59 bits per heavy atom. The maximum Gasteiger partial charge on any atom is 0.269 e. The van der Waals surface area contributed by atoms with Gasteiger partial charge in [-0.25, -0.2) is 9.40 Å². The Morgan fingerprint density at radius 2 is 1.97 bits per heavy atom. The molecule has 0 N–H and O–H groups in total. The number of hydrogen-bond donors (Lipinski definition) is 0. The smallest absolute Gasteiger partial charge is 0.269 e. The number of nitro benzene ring substituents is 1. The number of amides is 2. The number of benzene rings is 2. The molecule has 0 bridgehead atoms. The molecule has 150 valence electrons. The van der Waals surface area contributed by atoms with Crippen molar-refractivity contribution in [3.8, 4) is 0 Å². The standard InChI is InChI=1S/C20H19FN4O4/c1-13(26)23(2)12-20(27)24-19(15-4-3-5-17(10-15)25(28)29)11-18(22-24)14-6-8-16(21)9-7-14/h3-10,19H,11-12H2,1-2H3/t19-/m0/s1. The van der Waals surface area contributed by atoms with E-state index in [1.54, 1.807) is 24.3 Å². The number of hydrogen-bond acceptors (Lipinski definition) is 5. The molecule has 2 amide bonds. The highest BCUT2D eigenvalue weighted by molar-refractivity contribution is 6.03. The molecule has 0 unspecified atom stereocenters. The predicted octanol–water partition coefficient (Wildman–Crippen LogP) is 2.89. The second-order valence-corrected chi connectivity index (χ2v) is 6.74. The molecule has 1 aliphatic heterocycles. The van der Waals surface area contributed by atoms with Gasteiger partial charge >= 0.3 is 0 Å². The average Bonchev–Trinajstić information content (AvgIpc) is 3.14. The third-order valence-corrected chi connectivity index (χ3v) is 4.72. The van der Waals surface area contributed by atoms with Gasteiger partial charge in [-0.2, -0.15) is 5.10 Å². The highest BCUT2D eigenvalue weighted by Crippen LogP contribution is 2.34. The summed E-state index contributed by atoms with van der Waals surface area (Å²) >= 11 is 0. The molecule has 2 aromatic rings. The first-order valence-corrected chi connectivity index (χ1v) is 8.88. The summed E-state index contributed by atoms with van der Waals surface area (Å²) in [5, 5.41) is 16.8. The van der Waals surface area contributed by atoms with Crippen molar-refractivity contribution in [1.29, 1.82) is 0 Å². The van der Waals surface area contributed by atoms with E-state index in [0.29, 0.717) is 23.3 Å². The first-order chi connectivity index (χ1) is 13.8. The molecule has 0 radical (unpaired) electrons. The summed E-state index contributed by atoms with van der Waals surface area (Å²) in [6.07, 6.45) is 0.308. The van der Waals surface area contributed by atoms with E-state index < -0.39 is 22.7 Å². The van der Waals surface area contributed by atoms with Crippen LogP contribution in [-0.2, 0) is 9.59 Å². The van der Waals surface area contributed by atoms with Gasteiger partial charge in [-0.3, -0.25) is 19.7 Å². The van der Waals surface area contributed by atoms with Crippen molar-refractivity contribution in [1.82, 2.24) is 9.91 Å². The predicted molar refractivity (Wildman–Crippen MR) is 104 cm³/mol. The van der Waals surface area contributed by atoms with E-state index in [1.807, 2.05) is 0 Å². The molecule has 0 spiro atoms. The molecule has 0 aromatic heterocycles. The molecular weight excluding hydrogens is 379 g/mol. The Labute approximate surface area is 166 Å². The first kappa shape index (κ1) is 20.1. The van der Waals surface area contributed by atoms with Crippen LogP contribution in [0, 0.1) is 15.9 Å². The van der Waals surface area contributed by atoms with Crippen LogP contribution in [0.5, 0.6) is 0 Å². The fourth-order valence-electron chi connectivity index (χ4n) is 3.05. The average molecular weight is 398 g/mol. The van der Waals surface area contributed by atoms with E-state index in [-0.39, 0.29) is 18.1 Å². The number of non-ortho nitro benzene ring substituents is 1. The highest BCUT2D eigenvalue weighted by Gasteiger charge is 2.34. The van der Waals surface area contributed by atoms with Crippen molar-refractivity contribution in [3.63, 3.8) is 0 Å². The second-order valence-electron chi connectivity index (χ2n) is 6.74. The van der Waals surface area contributed by atoms with Crippen LogP contribution in [0.2, 0.25) is 0 Å². The minimum atomic E-state index is -0.567. The molecule has 8 nitrogen and oxygen atoms in total. The normalized spacial score (nSPS) is 15.8. The van der Waals surface area contributed by atoms with Gasteiger partial charge in [0, 0.05) is 32.5 Å². The van der Waals surface area contributed by atoms with Crippen LogP contribution in [0.15, 0.2) is 53.6 Å². The SMILES string of the molecule is CC(=O)N(C)CC(=O)N1N=C(c2ccc(F)cc2)C[C@H]1c1cccc([N+](=O)[O-])c1. The Balaban J connectivity index is 1.96. The van der Waals surface area contributed by atoms with Crippen molar-refractivity contribution in [2.75, 3.05) is 13.6 Å². The number of carbonyl (C=O) groups excluding carboxylic acids is 2. The van der Waals surface area contributed by atoms with E-state index in [0.717, 1.165) is 0 Å². The van der Waals surface area contributed by atoms with E-state index in [2.05, 4.69) is 5.10 Å². The van der Waals surface area contributed by atoms with Crippen LogP contribution in [0.4, 0.5) is 10.1 Å². The molecule has 0 saturated heterocycles. The van der Waals surface area contributed by atoms with Gasteiger partial charge in [0.25, 0.3) is 11.6 Å². The Kier molecular flexibility index (Phi) is 5.67. The number of halogens is 1. The number of carbonyl (C=O) groups is 2. The molecule has 2 aromatic carbocycles. The molecule has 0 aliphatic carbocycles. The molecular formula is C20H19FN4O4. The Hall–Kier alpha value is -3.62. The Bertz CT molecular complexity index is 990. The monoisotopic (exact) mass is 398 g/mol. The minimum Gasteiger partial charge on any atom is -0.337 e. The molecule has 1 aliphatic rings. The van der Waals surface area contributed by atoms with Crippen LogP contribution in [-0.4, -0.2) is 46.0 Å². The van der Waals surface area contributed by atoms with E-state index in [4.69, 9.17) is 0 Å². The molecule has 1 atom stereocenters. The van der Waals surface area contributed by atoms with Crippen LogP contribution in [0.1, 0.15) is 30.5 Å². The summed E-state index contributed by atoms with van der Waals surface area (Å²) in [4.78, 5) is 36.2. The van der Waals surface area contributed by atoms with Crippen molar-refractivity contribution >= 4 is 23.2 Å². The van der Waals surface area contributed by atoms with E-state index in [9.17, 15) is 24.1 Å². The summed E-state index contributed by atoms with van der Waals surface area (Å²) < 4.78 is 13.3. The summed E-state index contributed by atoms with van der Waals surface area (Å²) in [6.45, 7) is 1.17. The molecule has 0 fully saturated rings. The van der Waals surface area contributed by atoms with Gasteiger partial charge in [0.2, 0.25) is 5.91 Å². The molecule has 3 rings (SSSR count). The van der Waals surface area contributed by atoms with Gasteiger partial charge in [0.1, 0.15) is 12.4 Å². The third kappa shape index (κ3) is 4.45.